The van der Waals surface area contributed by atoms with E-state index in [0.717, 1.165) is 6.42 Å². The van der Waals surface area contributed by atoms with Crippen LogP contribution in [0.4, 0.5) is 0 Å². The van der Waals surface area contributed by atoms with Crippen LogP contribution in [0, 0.1) is 13.8 Å². The van der Waals surface area contributed by atoms with Crippen molar-refractivity contribution in [1.82, 2.24) is 5.32 Å². The molecule has 0 spiro atoms. The molecule has 0 radical (unpaired) electrons. The zero-order chi connectivity index (χ0) is 12.2. The average molecular weight is 219 g/mol. The van der Waals surface area contributed by atoms with Gasteiger partial charge in [-0.25, -0.2) is 0 Å². The number of nitrogens with one attached hydrogen (secondary N) is 1. The third kappa shape index (κ3) is 2.85. The first-order chi connectivity index (χ1) is 7.56. The minimum atomic E-state index is 0.262. The van der Waals surface area contributed by atoms with Crippen molar-refractivity contribution in [1.29, 1.82) is 0 Å². The van der Waals surface area contributed by atoms with Crippen molar-refractivity contribution >= 4 is 0 Å². The Morgan fingerprint density at radius 1 is 1.12 bits per heavy atom. The molecule has 1 nitrogen and oxygen atoms in total. The van der Waals surface area contributed by atoms with Crippen LogP contribution in [0.3, 0.4) is 0 Å². The Kier molecular flexibility index (Phi) is 4.55. The molecular formula is C15H25N. The zero-order valence-electron chi connectivity index (χ0n) is 11.4. The van der Waals surface area contributed by atoms with Crippen molar-refractivity contribution in [3.63, 3.8) is 0 Å². The lowest BCUT2D eigenvalue weighted by atomic mass is 9.84. The molecule has 0 saturated carbocycles. The van der Waals surface area contributed by atoms with Crippen LogP contribution >= 0.6 is 0 Å². The summed E-state index contributed by atoms with van der Waals surface area (Å²) in [6, 6.07) is 6.75. The van der Waals surface area contributed by atoms with Crippen LogP contribution in [-0.4, -0.2) is 12.6 Å². The van der Waals surface area contributed by atoms with Crippen LogP contribution in [0.25, 0.3) is 0 Å². The largest absolute Gasteiger partial charge is 0.314 e. The topological polar surface area (TPSA) is 12.0 Å². The number of likely N-dealkylation sites (N-methyl/N-ethyl adjacent to an activating group) is 1. The van der Waals surface area contributed by atoms with Gasteiger partial charge in [0.25, 0.3) is 0 Å². The van der Waals surface area contributed by atoms with Gasteiger partial charge in [0.05, 0.1) is 0 Å². The van der Waals surface area contributed by atoms with Crippen LogP contribution in [-0.2, 0) is 6.42 Å². The van der Waals surface area contributed by atoms with Crippen molar-refractivity contribution in [2.24, 2.45) is 0 Å². The summed E-state index contributed by atoms with van der Waals surface area (Å²) in [4.78, 5) is 0. The summed E-state index contributed by atoms with van der Waals surface area (Å²) >= 11 is 0. The van der Waals surface area contributed by atoms with E-state index in [1.807, 2.05) is 0 Å². The van der Waals surface area contributed by atoms with E-state index in [9.17, 15) is 0 Å². The Hall–Kier alpha value is -0.820. The van der Waals surface area contributed by atoms with E-state index in [-0.39, 0.29) is 5.54 Å². The first kappa shape index (κ1) is 13.2. The normalized spacial score (nSPS) is 11.8. The standard InChI is InChI=1S/C15H25N/c1-6-15(7-2,16-5)11-14-10-12(3)8-9-13(14)4/h8-10,16H,6-7,11H2,1-5H3. The summed E-state index contributed by atoms with van der Waals surface area (Å²) in [5, 5.41) is 3.51. The lowest BCUT2D eigenvalue weighted by Crippen LogP contribution is -2.44. The van der Waals surface area contributed by atoms with Crippen LogP contribution in [0.1, 0.15) is 43.4 Å². The molecule has 90 valence electrons. The zero-order valence-corrected chi connectivity index (χ0v) is 11.4. The molecule has 0 heterocycles. The summed E-state index contributed by atoms with van der Waals surface area (Å²) in [7, 11) is 2.08. The van der Waals surface area contributed by atoms with E-state index in [1.54, 1.807) is 0 Å². The van der Waals surface area contributed by atoms with E-state index >= 15 is 0 Å². The smallest absolute Gasteiger partial charge is 0.0213 e. The maximum atomic E-state index is 3.51. The fourth-order valence-electron chi connectivity index (χ4n) is 2.30. The highest BCUT2D eigenvalue weighted by atomic mass is 14.9. The Balaban J connectivity index is 2.97. The summed E-state index contributed by atoms with van der Waals surface area (Å²) < 4.78 is 0. The fraction of sp³-hybridized carbons (Fsp3) is 0.600. The molecule has 0 atom stereocenters. The second-order valence-corrected chi connectivity index (χ2v) is 4.84. The molecule has 0 aromatic heterocycles. The molecule has 1 aromatic carbocycles. The lowest BCUT2D eigenvalue weighted by molar-refractivity contribution is 0.322. The first-order valence-electron chi connectivity index (χ1n) is 6.32. The molecule has 0 fully saturated rings. The van der Waals surface area contributed by atoms with Gasteiger partial charge in [-0.2, -0.15) is 0 Å². The molecular weight excluding hydrogens is 194 g/mol. The number of hydrogen-bond acceptors (Lipinski definition) is 1. The van der Waals surface area contributed by atoms with Gasteiger partial charge in [-0.1, -0.05) is 37.6 Å². The van der Waals surface area contributed by atoms with Gasteiger partial charge in [0, 0.05) is 5.54 Å². The van der Waals surface area contributed by atoms with E-state index in [4.69, 9.17) is 0 Å². The summed E-state index contributed by atoms with van der Waals surface area (Å²) in [6.07, 6.45) is 3.48. The minimum absolute atomic E-state index is 0.262. The van der Waals surface area contributed by atoms with Crippen LogP contribution in [0.2, 0.25) is 0 Å². The Morgan fingerprint density at radius 3 is 2.25 bits per heavy atom. The van der Waals surface area contributed by atoms with Crippen molar-refractivity contribution < 1.29 is 0 Å². The van der Waals surface area contributed by atoms with E-state index in [0.29, 0.717) is 0 Å². The van der Waals surface area contributed by atoms with Crippen LogP contribution in [0.15, 0.2) is 18.2 Å². The van der Waals surface area contributed by atoms with Crippen molar-refractivity contribution in [3.05, 3.63) is 34.9 Å². The molecule has 0 aliphatic carbocycles. The molecule has 0 aliphatic rings. The van der Waals surface area contributed by atoms with Gasteiger partial charge >= 0.3 is 0 Å². The first-order valence-corrected chi connectivity index (χ1v) is 6.32. The molecule has 0 unspecified atom stereocenters. The molecule has 1 N–H and O–H groups in total. The Labute approximate surface area is 100 Å². The molecule has 1 aromatic rings. The minimum Gasteiger partial charge on any atom is -0.314 e. The van der Waals surface area contributed by atoms with Crippen LogP contribution in [0.5, 0.6) is 0 Å². The number of aryl methyl sites for hydroxylation is 2. The lowest BCUT2D eigenvalue weighted by Gasteiger charge is -2.32. The van der Waals surface area contributed by atoms with Gasteiger partial charge in [-0.15, -0.1) is 0 Å². The number of hydrogen-bond donors (Lipinski definition) is 1. The van der Waals surface area contributed by atoms with Crippen LogP contribution < -0.4 is 5.32 Å². The average Bonchev–Trinajstić information content (AvgIpc) is 2.31. The molecule has 1 heteroatoms. The highest BCUT2D eigenvalue weighted by Gasteiger charge is 2.24. The van der Waals surface area contributed by atoms with Crippen molar-refractivity contribution in [2.45, 2.75) is 52.5 Å². The van der Waals surface area contributed by atoms with Crippen molar-refractivity contribution in [2.75, 3.05) is 7.05 Å². The summed E-state index contributed by atoms with van der Waals surface area (Å²) in [5.74, 6) is 0. The summed E-state index contributed by atoms with van der Waals surface area (Å²) in [6.45, 7) is 8.92. The number of rotatable bonds is 5. The molecule has 0 amide bonds. The highest BCUT2D eigenvalue weighted by Crippen LogP contribution is 2.23. The van der Waals surface area contributed by atoms with Gasteiger partial charge < -0.3 is 5.32 Å². The van der Waals surface area contributed by atoms with Gasteiger partial charge in [0.2, 0.25) is 0 Å². The van der Waals surface area contributed by atoms with E-state index in [2.05, 4.69) is 58.3 Å². The second kappa shape index (κ2) is 5.49. The summed E-state index contributed by atoms with van der Waals surface area (Å²) in [5.41, 5.74) is 4.52. The van der Waals surface area contributed by atoms with Crippen molar-refractivity contribution in [3.8, 4) is 0 Å². The third-order valence-electron chi connectivity index (χ3n) is 3.92. The fourth-order valence-corrected chi connectivity index (χ4v) is 2.30. The number of benzene rings is 1. The second-order valence-electron chi connectivity index (χ2n) is 4.84. The molecule has 1 rings (SSSR count). The molecule has 0 saturated heterocycles. The van der Waals surface area contributed by atoms with Gasteiger partial charge in [-0.3, -0.25) is 0 Å². The van der Waals surface area contributed by atoms with Gasteiger partial charge in [0.15, 0.2) is 0 Å². The van der Waals surface area contributed by atoms with E-state index in [1.165, 1.54) is 29.5 Å². The predicted octanol–water partition coefficient (Wildman–Crippen LogP) is 3.62. The monoisotopic (exact) mass is 219 g/mol. The maximum absolute atomic E-state index is 3.51. The van der Waals surface area contributed by atoms with E-state index < -0.39 is 0 Å². The SMILES string of the molecule is CCC(CC)(Cc1cc(C)ccc1C)NC. The molecule has 0 aliphatic heterocycles. The third-order valence-corrected chi connectivity index (χ3v) is 3.92. The molecule has 0 bridgehead atoms. The maximum Gasteiger partial charge on any atom is 0.0213 e. The predicted molar refractivity (Wildman–Crippen MR) is 72.0 cm³/mol. The molecule has 16 heavy (non-hydrogen) atoms. The quantitative estimate of drug-likeness (QED) is 0.797. The van der Waals surface area contributed by atoms with Gasteiger partial charge in [-0.05, 0) is 51.3 Å². The highest BCUT2D eigenvalue weighted by molar-refractivity contribution is 5.32. The van der Waals surface area contributed by atoms with Gasteiger partial charge in [0.1, 0.15) is 0 Å². The Morgan fingerprint density at radius 2 is 1.75 bits per heavy atom. The Bertz CT molecular complexity index is 329.